The van der Waals surface area contributed by atoms with Crippen LogP contribution in [0.3, 0.4) is 0 Å². The number of thiophene rings is 1. The van der Waals surface area contributed by atoms with E-state index < -0.39 is 0 Å². The maximum atomic E-state index is 11.6. The van der Waals surface area contributed by atoms with Gasteiger partial charge in [0.25, 0.3) is 11.7 Å². The summed E-state index contributed by atoms with van der Waals surface area (Å²) in [5, 5.41) is 6.27. The molecule has 6 nitrogen and oxygen atoms in total. The van der Waals surface area contributed by atoms with Gasteiger partial charge in [-0.25, -0.2) is 0 Å². The number of hydrogen-bond donors (Lipinski definition) is 1. The molecule has 1 aliphatic rings. The Balaban J connectivity index is 1.72. The number of aryl methyl sites for hydroxylation is 1. The highest BCUT2D eigenvalue weighted by Crippen LogP contribution is 2.28. The normalized spacial score (nSPS) is 15.4. The molecule has 1 aliphatic carbocycles. The highest BCUT2D eigenvalue weighted by atomic mass is 32.1. The summed E-state index contributed by atoms with van der Waals surface area (Å²) < 4.78 is 5.26. The summed E-state index contributed by atoms with van der Waals surface area (Å²) in [6.45, 7) is 3.61. The molecule has 124 valence electrons. The Morgan fingerprint density at radius 2 is 2.17 bits per heavy atom. The minimum absolute atomic E-state index is 0.0980. The molecule has 1 fully saturated rings. The van der Waals surface area contributed by atoms with E-state index in [1.54, 1.807) is 7.05 Å². The first kappa shape index (κ1) is 16.1. The molecule has 7 heteroatoms. The van der Waals surface area contributed by atoms with Gasteiger partial charge in [0.15, 0.2) is 0 Å². The van der Waals surface area contributed by atoms with Crippen molar-refractivity contribution in [2.45, 2.75) is 51.7 Å². The Kier molecular flexibility index (Phi) is 5.07. The third kappa shape index (κ3) is 3.97. The Hall–Kier alpha value is -1.73. The lowest BCUT2D eigenvalue weighted by Gasteiger charge is -2.26. The molecule has 2 heterocycles. The van der Waals surface area contributed by atoms with Crippen molar-refractivity contribution in [3.63, 3.8) is 0 Å². The summed E-state index contributed by atoms with van der Waals surface area (Å²) in [5.41, 5.74) is 0. The zero-order chi connectivity index (χ0) is 16.2. The summed E-state index contributed by atoms with van der Waals surface area (Å²) in [6.07, 6.45) is 4.97. The average Bonchev–Trinajstić information content (AvgIpc) is 3.27. The van der Waals surface area contributed by atoms with Gasteiger partial charge in [-0.1, -0.05) is 18.0 Å². The van der Waals surface area contributed by atoms with E-state index >= 15 is 0 Å². The van der Waals surface area contributed by atoms with E-state index in [1.165, 1.54) is 35.4 Å². The number of nitrogens with one attached hydrogen (secondary N) is 1. The predicted octanol–water partition coefficient (Wildman–Crippen LogP) is 2.74. The van der Waals surface area contributed by atoms with E-state index in [0.717, 1.165) is 6.54 Å². The fraction of sp³-hybridized carbons (Fsp3) is 0.562. The van der Waals surface area contributed by atoms with Crippen molar-refractivity contribution in [3.8, 4) is 0 Å². The van der Waals surface area contributed by atoms with Crippen LogP contribution in [0, 0.1) is 6.92 Å². The lowest BCUT2D eigenvalue weighted by atomic mass is 10.2. The van der Waals surface area contributed by atoms with Gasteiger partial charge >= 0.3 is 0 Å². The number of amides is 1. The molecule has 0 unspecified atom stereocenters. The highest BCUT2D eigenvalue weighted by Gasteiger charge is 2.25. The number of rotatable bonds is 6. The molecule has 2 aromatic rings. The van der Waals surface area contributed by atoms with Gasteiger partial charge in [0.2, 0.25) is 5.89 Å². The number of aromatic nitrogens is 2. The lowest BCUT2D eigenvalue weighted by Crippen LogP contribution is -2.32. The minimum Gasteiger partial charge on any atom is -0.352 e. The SMILES string of the molecule is CNC(=O)c1noc(CN(Cc2ccc(C)s2)C2CCCC2)n1. The van der Waals surface area contributed by atoms with Gasteiger partial charge in [-0.05, 0) is 31.9 Å². The van der Waals surface area contributed by atoms with Crippen molar-refractivity contribution in [1.29, 1.82) is 0 Å². The fourth-order valence-electron chi connectivity index (χ4n) is 3.05. The Morgan fingerprint density at radius 1 is 1.39 bits per heavy atom. The maximum Gasteiger partial charge on any atom is 0.292 e. The molecule has 0 saturated heterocycles. The molecular formula is C16H22N4O2S. The van der Waals surface area contributed by atoms with Crippen molar-refractivity contribution in [2.24, 2.45) is 0 Å². The maximum absolute atomic E-state index is 11.6. The Morgan fingerprint density at radius 3 is 2.83 bits per heavy atom. The number of nitrogens with zero attached hydrogens (tertiary/aromatic N) is 3. The fourth-order valence-corrected chi connectivity index (χ4v) is 3.97. The van der Waals surface area contributed by atoms with Crippen LogP contribution in [0.2, 0.25) is 0 Å². The van der Waals surface area contributed by atoms with Crippen LogP contribution >= 0.6 is 11.3 Å². The van der Waals surface area contributed by atoms with Crippen LogP contribution in [0.25, 0.3) is 0 Å². The van der Waals surface area contributed by atoms with Crippen LogP contribution in [0.15, 0.2) is 16.7 Å². The van der Waals surface area contributed by atoms with Gasteiger partial charge in [-0.2, -0.15) is 4.98 Å². The second-order valence-electron chi connectivity index (χ2n) is 5.95. The second kappa shape index (κ2) is 7.23. The molecule has 0 radical (unpaired) electrons. The molecular weight excluding hydrogens is 312 g/mol. The topological polar surface area (TPSA) is 71.3 Å². The van der Waals surface area contributed by atoms with Crippen LogP contribution < -0.4 is 5.32 Å². The summed E-state index contributed by atoms with van der Waals surface area (Å²) in [6, 6.07) is 4.89. The van der Waals surface area contributed by atoms with Crippen LogP contribution in [0.5, 0.6) is 0 Å². The predicted molar refractivity (Wildman–Crippen MR) is 88.2 cm³/mol. The van der Waals surface area contributed by atoms with Gasteiger partial charge in [-0.15, -0.1) is 11.3 Å². The van der Waals surface area contributed by atoms with Crippen molar-refractivity contribution in [1.82, 2.24) is 20.4 Å². The molecule has 0 atom stereocenters. The van der Waals surface area contributed by atoms with Crippen LogP contribution in [0.4, 0.5) is 0 Å². The lowest BCUT2D eigenvalue weighted by molar-refractivity contribution is 0.0950. The van der Waals surface area contributed by atoms with Gasteiger partial charge in [0, 0.05) is 29.4 Å². The van der Waals surface area contributed by atoms with E-state index in [2.05, 4.69) is 39.4 Å². The number of carbonyl (C=O) groups excluding carboxylic acids is 1. The molecule has 3 rings (SSSR count). The van der Waals surface area contributed by atoms with Gasteiger partial charge < -0.3 is 9.84 Å². The van der Waals surface area contributed by atoms with Crippen molar-refractivity contribution >= 4 is 17.2 Å². The van der Waals surface area contributed by atoms with Crippen LogP contribution in [-0.2, 0) is 13.1 Å². The smallest absolute Gasteiger partial charge is 0.292 e. The zero-order valence-electron chi connectivity index (χ0n) is 13.5. The van der Waals surface area contributed by atoms with E-state index in [1.807, 2.05) is 11.3 Å². The standard InChI is InChI=1S/C16H22N4O2S/c1-11-7-8-13(23-11)9-20(12-5-3-4-6-12)10-14-18-15(19-22-14)16(21)17-2/h7-8,12H,3-6,9-10H2,1-2H3,(H,17,21). The van der Waals surface area contributed by atoms with E-state index in [-0.39, 0.29) is 11.7 Å². The first-order valence-corrected chi connectivity index (χ1v) is 8.81. The average molecular weight is 334 g/mol. The largest absolute Gasteiger partial charge is 0.352 e. The molecule has 0 aliphatic heterocycles. The summed E-state index contributed by atoms with van der Waals surface area (Å²) in [4.78, 5) is 20.8. The van der Waals surface area contributed by atoms with Gasteiger partial charge in [0.1, 0.15) is 0 Å². The third-order valence-corrected chi connectivity index (χ3v) is 5.22. The quantitative estimate of drug-likeness (QED) is 0.879. The molecule has 1 amide bonds. The van der Waals surface area contributed by atoms with Gasteiger partial charge in [-0.3, -0.25) is 9.69 Å². The molecule has 1 N–H and O–H groups in total. The number of hydrogen-bond acceptors (Lipinski definition) is 6. The van der Waals surface area contributed by atoms with E-state index in [0.29, 0.717) is 18.5 Å². The summed E-state index contributed by atoms with van der Waals surface area (Å²) >= 11 is 1.83. The highest BCUT2D eigenvalue weighted by molar-refractivity contribution is 7.11. The van der Waals surface area contributed by atoms with E-state index in [4.69, 9.17) is 4.52 Å². The molecule has 23 heavy (non-hydrogen) atoms. The van der Waals surface area contributed by atoms with Gasteiger partial charge in [0.05, 0.1) is 6.54 Å². The molecule has 1 saturated carbocycles. The monoisotopic (exact) mass is 334 g/mol. The molecule has 2 aromatic heterocycles. The zero-order valence-corrected chi connectivity index (χ0v) is 14.4. The van der Waals surface area contributed by atoms with Crippen LogP contribution in [-0.4, -0.2) is 34.0 Å². The van der Waals surface area contributed by atoms with Crippen LogP contribution in [0.1, 0.15) is 51.9 Å². The van der Waals surface area contributed by atoms with Crippen molar-refractivity contribution in [2.75, 3.05) is 7.05 Å². The van der Waals surface area contributed by atoms with Crippen molar-refractivity contribution < 1.29 is 9.32 Å². The van der Waals surface area contributed by atoms with E-state index in [9.17, 15) is 4.79 Å². The second-order valence-corrected chi connectivity index (χ2v) is 7.32. The Labute approximate surface area is 139 Å². The number of carbonyl (C=O) groups is 1. The summed E-state index contributed by atoms with van der Waals surface area (Å²) in [5.74, 6) is 0.283. The first-order chi connectivity index (χ1) is 11.2. The van der Waals surface area contributed by atoms with Crippen molar-refractivity contribution in [3.05, 3.63) is 33.6 Å². The first-order valence-electron chi connectivity index (χ1n) is 7.99. The molecule has 0 bridgehead atoms. The molecule has 0 aromatic carbocycles. The third-order valence-electron chi connectivity index (χ3n) is 4.23. The molecule has 0 spiro atoms. The minimum atomic E-state index is -0.318. The Bertz CT molecular complexity index is 661. The summed E-state index contributed by atoms with van der Waals surface area (Å²) in [7, 11) is 1.56.